The highest BCUT2D eigenvalue weighted by Crippen LogP contribution is 2.22. The predicted molar refractivity (Wildman–Crippen MR) is 101 cm³/mol. The molecule has 0 unspecified atom stereocenters. The number of fused-ring (bicyclic) bond motifs is 1. The van der Waals surface area contributed by atoms with Gasteiger partial charge in [0.1, 0.15) is 17.3 Å². The number of methoxy groups -OCH3 is 1. The van der Waals surface area contributed by atoms with E-state index in [2.05, 4.69) is 10.4 Å². The Morgan fingerprint density at radius 3 is 2.56 bits per heavy atom. The molecule has 0 bridgehead atoms. The summed E-state index contributed by atoms with van der Waals surface area (Å²) in [5.41, 5.74) is 2.96. The van der Waals surface area contributed by atoms with E-state index in [0.29, 0.717) is 31.0 Å². The minimum Gasteiger partial charge on any atom is -0.497 e. The van der Waals surface area contributed by atoms with Gasteiger partial charge in [0.2, 0.25) is 0 Å². The number of halogens is 1. The van der Waals surface area contributed by atoms with E-state index >= 15 is 0 Å². The molecule has 1 aromatic heterocycles. The zero-order valence-electron chi connectivity index (χ0n) is 14.9. The van der Waals surface area contributed by atoms with Crippen LogP contribution in [0.5, 0.6) is 5.75 Å². The van der Waals surface area contributed by atoms with Crippen LogP contribution in [-0.4, -0.2) is 29.3 Å². The Bertz CT molecular complexity index is 951. The Balaban J connectivity index is 1.47. The largest absolute Gasteiger partial charge is 0.497 e. The molecule has 7 heteroatoms. The first-order valence-corrected chi connectivity index (χ1v) is 8.66. The SMILES string of the molecule is COc1ccc(NCc2cc3n(n2)CCN(c2ccc(F)cc2)C3=O)cc1. The lowest BCUT2D eigenvalue weighted by Crippen LogP contribution is -2.40. The molecule has 2 heterocycles. The van der Waals surface area contributed by atoms with Crippen molar-refractivity contribution in [2.75, 3.05) is 23.9 Å². The van der Waals surface area contributed by atoms with Crippen LogP contribution in [0, 0.1) is 5.82 Å². The molecule has 2 aromatic carbocycles. The number of nitrogens with one attached hydrogen (secondary N) is 1. The van der Waals surface area contributed by atoms with Gasteiger partial charge in [-0.25, -0.2) is 4.39 Å². The summed E-state index contributed by atoms with van der Waals surface area (Å²) in [7, 11) is 1.63. The van der Waals surface area contributed by atoms with Gasteiger partial charge in [-0.05, 0) is 54.6 Å². The third kappa shape index (κ3) is 3.48. The van der Waals surface area contributed by atoms with E-state index in [4.69, 9.17) is 4.74 Å². The normalized spacial score (nSPS) is 13.4. The molecule has 0 saturated heterocycles. The van der Waals surface area contributed by atoms with E-state index in [-0.39, 0.29) is 11.7 Å². The highest BCUT2D eigenvalue weighted by molar-refractivity contribution is 6.05. The summed E-state index contributed by atoms with van der Waals surface area (Å²) in [5, 5.41) is 7.80. The summed E-state index contributed by atoms with van der Waals surface area (Å²) in [6, 6.07) is 15.4. The van der Waals surface area contributed by atoms with Gasteiger partial charge in [0, 0.05) is 17.9 Å². The Hall–Kier alpha value is -3.35. The second-order valence-electron chi connectivity index (χ2n) is 6.26. The first-order valence-electron chi connectivity index (χ1n) is 8.66. The molecule has 0 spiro atoms. The van der Waals surface area contributed by atoms with Gasteiger partial charge in [0.15, 0.2) is 0 Å². The lowest BCUT2D eigenvalue weighted by molar-refractivity contribution is 0.0962. The van der Waals surface area contributed by atoms with Crippen LogP contribution >= 0.6 is 0 Å². The minimum atomic E-state index is -0.319. The quantitative estimate of drug-likeness (QED) is 0.753. The van der Waals surface area contributed by atoms with Crippen LogP contribution < -0.4 is 15.0 Å². The van der Waals surface area contributed by atoms with Crippen molar-refractivity contribution in [1.29, 1.82) is 0 Å². The second-order valence-corrected chi connectivity index (χ2v) is 6.26. The number of nitrogens with zero attached hydrogens (tertiary/aromatic N) is 3. The average Bonchev–Trinajstić information content (AvgIpc) is 3.12. The lowest BCUT2D eigenvalue weighted by Gasteiger charge is -2.27. The minimum absolute atomic E-state index is 0.129. The number of benzene rings is 2. The van der Waals surface area contributed by atoms with E-state index in [1.54, 1.807) is 34.9 Å². The van der Waals surface area contributed by atoms with Gasteiger partial charge in [-0.3, -0.25) is 9.48 Å². The molecule has 138 valence electrons. The third-order valence-corrected chi connectivity index (χ3v) is 4.53. The molecule has 1 amide bonds. The highest BCUT2D eigenvalue weighted by atomic mass is 19.1. The van der Waals surface area contributed by atoms with Gasteiger partial charge in [-0.2, -0.15) is 5.10 Å². The number of hydrogen-bond acceptors (Lipinski definition) is 4. The summed E-state index contributed by atoms with van der Waals surface area (Å²) in [6.07, 6.45) is 0. The monoisotopic (exact) mass is 366 g/mol. The van der Waals surface area contributed by atoms with E-state index in [1.807, 2.05) is 24.3 Å². The van der Waals surface area contributed by atoms with Crippen LogP contribution in [-0.2, 0) is 13.1 Å². The number of carbonyl (C=O) groups excluding carboxylic acids is 1. The standard InChI is InChI=1S/C20H19FN4O2/c1-27-18-8-4-15(5-9-18)22-13-16-12-19-20(26)24(10-11-25(19)23-16)17-6-2-14(21)3-7-17/h2-9,12,22H,10-11,13H2,1H3. The number of aromatic nitrogens is 2. The predicted octanol–water partition coefficient (Wildman–Crippen LogP) is 3.30. The van der Waals surface area contributed by atoms with Crippen molar-refractivity contribution >= 4 is 17.3 Å². The van der Waals surface area contributed by atoms with Gasteiger partial charge in [-0.15, -0.1) is 0 Å². The molecular formula is C20H19FN4O2. The maximum atomic E-state index is 13.1. The van der Waals surface area contributed by atoms with Crippen molar-refractivity contribution in [1.82, 2.24) is 9.78 Å². The molecule has 6 nitrogen and oxygen atoms in total. The van der Waals surface area contributed by atoms with Crippen LogP contribution in [0.25, 0.3) is 0 Å². The number of carbonyl (C=O) groups is 1. The van der Waals surface area contributed by atoms with Gasteiger partial charge < -0.3 is 15.0 Å². The van der Waals surface area contributed by atoms with Gasteiger partial charge >= 0.3 is 0 Å². The van der Waals surface area contributed by atoms with Crippen LogP contribution in [0.1, 0.15) is 16.2 Å². The molecule has 0 radical (unpaired) electrons. The van der Waals surface area contributed by atoms with Crippen molar-refractivity contribution in [2.45, 2.75) is 13.1 Å². The molecule has 1 N–H and O–H groups in total. The number of anilines is 2. The lowest BCUT2D eigenvalue weighted by atomic mass is 10.2. The zero-order chi connectivity index (χ0) is 18.8. The maximum Gasteiger partial charge on any atom is 0.276 e. The van der Waals surface area contributed by atoms with Gasteiger partial charge in [0.05, 0.1) is 25.9 Å². The fourth-order valence-corrected chi connectivity index (χ4v) is 3.10. The summed E-state index contributed by atoms with van der Waals surface area (Å²) < 4.78 is 20.0. The highest BCUT2D eigenvalue weighted by Gasteiger charge is 2.27. The van der Waals surface area contributed by atoms with Crippen molar-refractivity contribution in [3.8, 4) is 5.75 Å². The molecular weight excluding hydrogens is 347 g/mol. The number of rotatable bonds is 5. The van der Waals surface area contributed by atoms with Crippen LogP contribution in [0.3, 0.4) is 0 Å². The fraction of sp³-hybridized carbons (Fsp3) is 0.200. The number of amides is 1. The molecule has 3 aromatic rings. The molecule has 1 aliphatic heterocycles. The smallest absolute Gasteiger partial charge is 0.276 e. The third-order valence-electron chi connectivity index (χ3n) is 4.53. The van der Waals surface area contributed by atoms with Gasteiger partial charge in [0.25, 0.3) is 5.91 Å². The molecule has 4 rings (SSSR count). The topological polar surface area (TPSA) is 59.4 Å². The number of hydrogen-bond donors (Lipinski definition) is 1. The Labute approximate surface area is 156 Å². The van der Waals surface area contributed by atoms with Crippen molar-refractivity contribution in [3.05, 3.63) is 71.8 Å². The van der Waals surface area contributed by atoms with Crippen LogP contribution in [0.2, 0.25) is 0 Å². The maximum absolute atomic E-state index is 13.1. The molecule has 27 heavy (non-hydrogen) atoms. The summed E-state index contributed by atoms with van der Waals surface area (Å²) >= 11 is 0. The molecule has 0 saturated carbocycles. The van der Waals surface area contributed by atoms with Crippen molar-refractivity contribution < 1.29 is 13.9 Å². The summed E-state index contributed by atoms with van der Waals surface area (Å²) in [4.78, 5) is 14.4. The molecule has 0 aliphatic carbocycles. The van der Waals surface area contributed by atoms with E-state index < -0.39 is 0 Å². The van der Waals surface area contributed by atoms with Gasteiger partial charge in [-0.1, -0.05) is 0 Å². The molecule has 0 fully saturated rings. The molecule has 0 atom stereocenters. The molecule has 1 aliphatic rings. The first-order chi connectivity index (χ1) is 13.1. The van der Waals surface area contributed by atoms with E-state index in [0.717, 1.165) is 17.1 Å². The fourth-order valence-electron chi connectivity index (χ4n) is 3.10. The summed E-state index contributed by atoms with van der Waals surface area (Å²) in [6.45, 7) is 1.61. The Morgan fingerprint density at radius 2 is 1.85 bits per heavy atom. The zero-order valence-corrected chi connectivity index (χ0v) is 14.9. The Kier molecular flexibility index (Phi) is 4.50. The number of ether oxygens (including phenoxy) is 1. The van der Waals surface area contributed by atoms with Crippen molar-refractivity contribution in [3.63, 3.8) is 0 Å². The first kappa shape index (κ1) is 17.1. The second kappa shape index (κ2) is 7.11. The van der Waals surface area contributed by atoms with Crippen molar-refractivity contribution in [2.24, 2.45) is 0 Å². The summed E-state index contributed by atoms with van der Waals surface area (Å²) in [5.74, 6) is 0.348. The van der Waals surface area contributed by atoms with Crippen LogP contribution in [0.15, 0.2) is 54.6 Å². The van der Waals surface area contributed by atoms with E-state index in [1.165, 1.54) is 12.1 Å². The van der Waals surface area contributed by atoms with E-state index in [9.17, 15) is 9.18 Å². The van der Waals surface area contributed by atoms with Crippen LogP contribution in [0.4, 0.5) is 15.8 Å². The Morgan fingerprint density at radius 1 is 1.11 bits per heavy atom. The average molecular weight is 366 g/mol.